The van der Waals surface area contributed by atoms with Crippen LogP contribution in [0.1, 0.15) is 52.4 Å². The fraction of sp³-hybridized carbons (Fsp3) is 0.619. The normalized spacial score (nSPS) is 12.6. The van der Waals surface area contributed by atoms with Gasteiger partial charge in [0.15, 0.2) is 5.58 Å². The van der Waals surface area contributed by atoms with Crippen LogP contribution >= 0.6 is 0 Å². The van der Waals surface area contributed by atoms with Gasteiger partial charge in [-0.2, -0.15) is 0 Å². The number of carbonyl (C=O) groups excluding carboxylic acids is 1. The van der Waals surface area contributed by atoms with Gasteiger partial charge in [-0.05, 0) is 45.1 Å². The molecule has 0 radical (unpaired) electrons. The van der Waals surface area contributed by atoms with Gasteiger partial charge in [-0.25, -0.2) is 4.79 Å². The van der Waals surface area contributed by atoms with Crippen molar-refractivity contribution in [3.05, 3.63) is 28.7 Å². The second-order valence-corrected chi connectivity index (χ2v) is 7.45. The molecule has 0 saturated carbocycles. The number of aromatic nitrogens is 1. The van der Waals surface area contributed by atoms with Crippen molar-refractivity contribution in [1.82, 2.24) is 9.47 Å². The zero-order valence-corrected chi connectivity index (χ0v) is 17.1. The molecule has 0 bridgehead atoms. The Balaban J connectivity index is 2.10. The van der Waals surface area contributed by atoms with E-state index in [-0.39, 0.29) is 17.6 Å². The van der Waals surface area contributed by atoms with E-state index >= 15 is 0 Å². The average molecular weight is 376 g/mol. The van der Waals surface area contributed by atoms with Crippen LogP contribution in [0.25, 0.3) is 11.1 Å². The molecular formula is C21H33N3O3. The Hall–Kier alpha value is -2.08. The second-order valence-electron chi connectivity index (χ2n) is 7.45. The van der Waals surface area contributed by atoms with Crippen molar-refractivity contribution >= 4 is 22.7 Å². The monoisotopic (exact) mass is 375 g/mol. The van der Waals surface area contributed by atoms with Crippen LogP contribution in [0.4, 0.5) is 5.69 Å². The van der Waals surface area contributed by atoms with Gasteiger partial charge >= 0.3 is 5.76 Å². The van der Waals surface area contributed by atoms with E-state index in [1.807, 2.05) is 25.1 Å². The summed E-state index contributed by atoms with van der Waals surface area (Å²) in [4.78, 5) is 26.8. The fourth-order valence-electron chi connectivity index (χ4n) is 3.23. The highest BCUT2D eigenvalue weighted by molar-refractivity contribution is 5.94. The lowest BCUT2D eigenvalue weighted by Gasteiger charge is -2.15. The maximum Gasteiger partial charge on any atom is 0.419 e. The molecule has 6 heteroatoms. The van der Waals surface area contributed by atoms with Crippen molar-refractivity contribution < 1.29 is 9.21 Å². The molecule has 0 aliphatic heterocycles. The topological polar surface area (TPSA) is 67.5 Å². The quantitative estimate of drug-likeness (QED) is 0.601. The van der Waals surface area contributed by atoms with Crippen LogP contribution in [0.5, 0.6) is 0 Å². The molecule has 2 rings (SSSR count). The Morgan fingerprint density at radius 3 is 2.67 bits per heavy atom. The van der Waals surface area contributed by atoms with Gasteiger partial charge in [0.25, 0.3) is 0 Å². The molecule has 1 heterocycles. The summed E-state index contributed by atoms with van der Waals surface area (Å²) in [6.07, 6.45) is 6.44. The molecule has 1 N–H and O–H groups in total. The molecule has 0 saturated heterocycles. The summed E-state index contributed by atoms with van der Waals surface area (Å²) in [6, 6.07) is 5.38. The summed E-state index contributed by atoms with van der Waals surface area (Å²) in [5.74, 6) is -0.283. The number of oxazole rings is 1. The smallest absolute Gasteiger partial charge is 0.408 e. The minimum Gasteiger partial charge on any atom is -0.408 e. The van der Waals surface area contributed by atoms with Crippen molar-refractivity contribution in [2.75, 3.05) is 26.0 Å². The van der Waals surface area contributed by atoms with E-state index in [1.165, 1.54) is 19.3 Å². The molecule has 1 unspecified atom stereocenters. The lowest BCUT2D eigenvalue weighted by atomic mass is 9.97. The van der Waals surface area contributed by atoms with Gasteiger partial charge in [0.2, 0.25) is 5.91 Å². The molecule has 1 atom stereocenters. The standard InChI is InChI=1S/C21H33N3O3/c1-5-7-8-9-10-16(6-2)20(25)22-17-11-12-19-18(15-17)24(21(26)27-19)14-13-23(3)4/h11-12,15-16H,5-10,13-14H2,1-4H3,(H,22,25). The van der Waals surface area contributed by atoms with Crippen molar-refractivity contribution in [3.63, 3.8) is 0 Å². The number of hydrogen-bond donors (Lipinski definition) is 1. The van der Waals surface area contributed by atoms with Crippen LogP contribution < -0.4 is 11.1 Å². The molecular weight excluding hydrogens is 342 g/mol. The maximum atomic E-state index is 12.6. The number of benzene rings is 1. The number of rotatable bonds is 11. The third-order valence-electron chi connectivity index (χ3n) is 4.98. The van der Waals surface area contributed by atoms with Gasteiger partial charge in [0.1, 0.15) is 0 Å². The molecule has 1 amide bonds. The van der Waals surface area contributed by atoms with Crippen LogP contribution in [-0.2, 0) is 11.3 Å². The summed E-state index contributed by atoms with van der Waals surface area (Å²) in [5.41, 5.74) is 1.97. The van der Waals surface area contributed by atoms with Gasteiger partial charge in [-0.1, -0.05) is 39.5 Å². The number of nitrogens with zero attached hydrogens (tertiary/aromatic N) is 2. The number of amides is 1. The van der Waals surface area contributed by atoms with Gasteiger partial charge in [-0.3, -0.25) is 9.36 Å². The lowest BCUT2D eigenvalue weighted by molar-refractivity contribution is -0.120. The molecule has 0 fully saturated rings. The number of carbonyl (C=O) groups is 1. The first-order valence-electron chi connectivity index (χ1n) is 10.0. The average Bonchev–Trinajstić information content (AvgIpc) is 2.94. The first kappa shape index (κ1) is 21.2. The zero-order chi connectivity index (χ0) is 19.8. The van der Waals surface area contributed by atoms with E-state index in [0.29, 0.717) is 17.8 Å². The fourth-order valence-corrected chi connectivity index (χ4v) is 3.23. The minimum absolute atomic E-state index is 0.0258. The van der Waals surface area contributed by atoms with Crippen LogP contribution in [0.15, 0.2) is 27.4 Å². The Bertz CT molecular complexity index is 792. The molecule has 2 aromatic rings. The van der Waals surface area contributed by atoms with E-state index in [9.17, 15) is 9.59 Å². The molecule has 27 heavy (non-hydrogen) atoms. The van der Waals surface area contributed by atoms with E-state index < -0.39 is 0 Å². The van der Waals surface area contributed by atoms with Crippen LogP contribution in [0, 0.1) is 5.92 Å². The first-order chi connectivity index (χ1) is 13.0. The van der Waals surface area contributed by atoms with Gasteiger partial charge in [-0.15, -0.1) is 0 Å². The van der Waals surface area contributed by atoms with E-state index in [0.717, 1.165) is 31.3 Å². The summed E-state index contributed by atoms with van der Waals surface area (Å²) in [7, 11) is 3.93. The first-order valence-corrected chi connectivity index (χ1v) is 10.0. The predicted octanol–water partition coefficient (Wildman–Crippen LogP) is 4.09. The van der Waals surface area contributed by atoms with Crippen LogP contribution in [0.2, 0.25) is 0 Å². The SMILES string of the molecule is CCCCCCC(CC)C(=O)Nc1ccc2oc(=O)n(CCN(C)C)c2c1. The highest BCUT2D eigenvalue weighted by Gasteiger charge is 2.17. The molecule has 6 nitrogen and oxygen atoms in total. The van der Waals surface area contributed by atoms with Crippen molar-refractivity contribution in [2.24, 2.45) is 5.92 Å². The highest BCUT2D eigenvalue weighted by Crippen LogP contribution is 2.21. The Morgan fingerprint density at radius 1 is 1.22 bits per heavy atom. The number of fused-ring (bicyclic) bond motifs is 1. The minimum atomic E-state index is -0.363. The van der Waals surface area contributed by atoms with Gasteiger partial charge in [0, 0.05) is 24.7 Å². The molecule has 0 spiro atoms. The number of anilines is 1. The Labute approximate surface area is 161 Å². The molecule has 0 aliphatic rings. The maximum absolute atomic E-state index is 12.6. The lowest BCUT2D eigenvalue weighted by Crippen LogP contribution is -2.24. The third-order valence-corrected chi connectivity index (χ3v) is 4.98. The van der Waals surface area contributed by atoms with Gasteiger partial charge in [0.05, 0.1) is 5.52 Å². The number of nitrogens with one attached hydrogen (secondary N) is 1. The zero-order valence-electron chi connectivity index (χ0n) is 17.1. The van der Waals surface area contributed by atoms with Crippen molar-refractivity contribution in [2.45, 2.75) is 58.9 Å². The highest BCUT2D eigenvalue weighted by atomic mass is 16.4. The summed E-state index contributed by atoms with van der Waals surface area (Å²) < 4.78 is 6.93. The largest absolute Gasteiger partial charge is 0.419 e. The summed E-state index contributed by atoms with van der Waals surface area (Å²) in [6.45, 7) is 5.53. The number of unbranched alkanes of at least 4 members (excludes halogenated alkanes) is 3. The number of hydrogen-bond acceptors (Lipinski definition) is 4. The molecule has 0 aliphatic carbocycles. The second kappa shape index (κ2) is 10.3. The summed E-state index contributed by atoms with van der Waals surface area (Å²) in [5, 5.41) is 3.02. The summed E-state index contributed by atoms with van der Waals surface area (Å²) >= 11 is 0. The molecule has 150 valence electrons. The molecule has 1 aromatic heterocycles. The van der Waals surface area contributed by atoms with E-state index in [4.69, 9.17) is 4.42 Å². The predicted molar refractivity (Wildman–Crippen MR) is 110 cm³/mol. The van der Waals surface area contributed by atoms with Crippen LogP contribution in [0.3, 0.4) is 0 Å². The number of likely N-dealkylation sites (N-methyl/N-ethyl adjacent to an activating group) is 1. The Morgan fingerprint density at radius 2 is 2.00 bits per heavy atom. The van der Waals surface area contributed by atoms with Gasteiger partial charge < -0.3 is 14.6 Å². The Kier molecular flexibility index (Phi) is 8.10. The van der Waals surface area contributed by atoms with Crippen molar-refractivity contribution in [1.29, 1.82) is 0 Å². The van der Waals surface area contributed by atoms with E-state index in [1.54, 1.807) is 16.7 Å². The molecule has 1 aromatic carbocycles. The van der Waals surface area contributed by atoms with Crippen LogP contribution in [-0.4, -0.2) is 36.0 Å². The third kappa shape index (κ3) is 5.96. The van der Waals surface area contributed by atoms with Crippen molar-refractivity contribution in [3.8, 4) is 0 Å². The van der Waals surface area contributed by atoms with E-state index in [2.05, 4.69) is 19.2 Å².